The van der Waals surface area contributed by atoms with Gasteiger partial charge in [-0.1, -0.05) is 6.07 Å². The largest absolute Gasteiger partial charge is 0.353 e. The molecule has 1 aromatic heterocycles. The average molecular weight is 275 g/mol. The zero-order valence-corrected chi connectivity index (χ0v) is 12.7. The van der Waals surface area contributed by atoms with Crippen LogP contribution in [0.5, 0.6) is 0 Å². The van der Waals surface area contributed by atoms with Crippen molar-refractivity contribution in [2.75, 3.05) is 13.6 Å². The van der Waals surface area contributed by atoms with Gasteiger partial charge in [0, 0.05) is 43.4 Å². The number of aryl methyl sites for hydroxylation is 1. The molecule has 1 fully saturated rings. The average Bonchev–Trinajstić information content (AvgIpc) is 3.22. The highest BCUT2D eigenvalue weighted by atomic mass is 16.1. The highest BCUT2D eigenvalue weighted by Gasteiger charge is 2.23. The Labute approximate surface area is 121 Å². The summed E-state index contributed by atoms with van der Waals surface area (Å²) in [7, 11) is 2.08. The number of nitrogens with zero attached hydrogens (tertiary/aromatic N) is 2. The summed E-state index contributed by atoms with van der Waals surface area (Å²) in [6.07, 6.45) is 5.65. The molecule has 1 atom stereocenters. The Bertz CT molecular complexity index is 457. The van der Waals surface area contributed by atoms with E-state index < -0.39 is 0 Å². The molecule has 0 bridgehead atoms. The van der Waals surface area contributed by atoms with Crippen molar-refractivity contribution in [3.8, 4) is 0 Å². The number of carbonyl (C=O) groups excluding carboxylic acids is 1. The van der Waals surface area contributed by atoms with Crippen LogP contribution in [0.1, 0.15) is 37.4 Å². The van der Waals surface area contributed by atoms with Crippen LogP contribution in [-0.2, 0) is 11.2 Å². The molecule has 1 amide bonds. The van der Waals surface area contributed by atoms with Crippen molar-refractivity contribution < 1.29 is 4.79 Å². The fourth-order valence-electron chi connectivity index (χ4n) is 2.19. The first-order valence-electron chi connectivity index (χ1n) is 7.46. The molecule has 20 heavy (non-hydrogen) atoms. The lowest BCUT2D eigenvalue weighted by molar-refractivity contribution is -0.121. The fraction of sp³-hybridized carbons (Fsp3) is 0.625. The van der Waals surface area contributed by atoms with Crippen LogP contribution in [-0.4, -0.2) is 41.5 Å². The van der Waals surface area contributed by atoms with E-state index in [-0.39, 0.29) is 5.91 Å². The summed E-state index contributed by atoms with van der Waals surface area (Å²) >= 11 is 0. The van der Waals surface area contributed by atoms with Gasteiger partial charge in [-0.15, -0.1) is 0 Å². The molecule has 1 aliphatic rings. The third-order valence-corrected chi connectivity index (χ3v) is 3.99. The molecule has 4 nitrogen and oxygen atoms in total. The summed E-state index contributed by atoms with van der Waals surface area (Å²) in [6, 6.07) is 4.91. The molecule has 0 aliphatic heterocycles. The minimum absolute atomic E-state index is 0.181. The summed E-state index contributed by atoms with van der Waals surface area (Å²) in [5.74, 6) is 0.181. The number of amides is 1. The minimum atomic E-state index is 0.181. The second-order valence-electron chi connectivity index (χ2n) is 5.89. The van der Waals surface area contributed by atoms with Crippen molar-refractivity contribution in [1.82, 2.24) is 15.2 Å². The zero-order valence-electron chi connectivity index (χ0n) is 12.7. The van der Waals surface area contributed by atoms with Gasteiger partial charge in [0.05, 0.1) is 0 Å². The first-order chi connectivity index (χ1) is 9.56. The number of nitrogens with one attached hydrogen (secondary N) is 1. The van der Waals surface area contributed by atoms with E-state index >= 15 is 0 Å². The standard InChI is InChI=1S/C16H25N3O/c1-12-5-4-9-17-15(12)11-13(2)19(3)10-8-16(20)18-14-6-7-14/h4-5,9,13-14H,6-8,10-11H2,1-3H3,(H,18,20)/t13-/m1/s1. The van der Waals surface area contributed by atoms with Gasteiger partial charge in [-0.3, -0.25) is 9.78 Å². The molecular weight excluding hydrogens is 250 g/mol. The monoisotopic (exact) mass is 275 g/mol. The molecule has 0 saturated heterocycles. The van der Waals surface area contributed by atoms with Gasteiger partial charge in [-0.2, -0.15) is 0 Å². The maximum Gasteiger partial charge on any atom is 0.221 e. The lowest BCUT2D eigenvalue weighted by atomic mass is 10.1. The van der Waals surface area contributed by atoms with Gasteiger partial charge in [0.15, 0.2) is 0 Å². The molecule has 0 aromatic carbocycles. The molecule has 1 N–H and O–H groups in total. The van der Waals surface area contributed by atoms with E-state index in [2.05, 4.69) is 42.2 Å². The lowest BCUT2D eigenvalue weighted by Crippen LogP contribution is -2.35. The molecule has 0 radical (unpaired) electrons. The van der Waals surface area contributed by atoms with E-state index in [1.54, 1.807) is 0 Å². The Morgan fingerprint density at radius 1 is 1.55 bits per heavy atom. The van der Waals surface area contributed by atoms with E-state index in [9.17, 15) is 4.79 Å². The first kappa shape index (κ1) is 15.0. The van der Waals surface area contributed by atoms with E-state index in [4.69, 9.17) is 0 Å². The highest BCUT2D eigenvalue weighted by Crippen LogP contribution is 2.18. The molecule has 110 valence electrons. The summed E-state index contributed by atoms with van der Waals surface area (Å²) in [5, 5.41) is 3.03. The van der Waals surface area contributed by atoms with Crippen LogP contribution in [0.3, 0.4) is 0 Å². The fourth-order valence-corrected chi connectivity index (χ4v) is 2.19. The van der Waals surface area contributed by atoms with Crippen molar-refractivity contribution in [2.45, 2.75) is 51.6 Å². The number of aromatic nitrogens is 1. The smallest absolute Gasteiger partial charge is 0.221 e. The predicted octanol–water partition coefficient (Wildman–Crippen LogP) is 1.92. The van der Waals surface area contributed by atoms with Gasteiger partial charge in [-0.25, -0.2) is 0 Å². The van der Waals surface area contributed by atoms with Crippen LogP contribution in [0.25, 0.3) is 0 Å². The van der Waals surface area contributed by atoms with Gasteiger partial charge in [0.25, 0.3) is 0 Å². The molecule has 4 heteroatoms. The predicted molar refractivity (Wildman–Crippen MR) is 80.6 cm³/mol. The third kappa shape index (κ3) is 4.60. The van der Waals surface area contributed by atoms with Crippen molar-refractivity contribution in [3.63, 3.8) is 0 Å². The number of hydrogen-bond donors (Lipinski definition) is 1. The van der Waals surface area contributed by atoms with Gasteiger partial charge < -0.3 is 10.2 Å². The molecule has 0 spiro atoms. The van der Waals surface area contributed by atoms with Crippen LogP contribution >= 0.6 is 0 Å². The highest BCUT2D eigenvalue weighted by molar-refractivity contribution is 5.76. The first-order valence-corrected chi connectivity index (χ1v) is 7.46. The van der Waals surface area contributed by atoms with Crippen LogP contribution in [0, 0.1) is 6.92 Å². The molecular formula is C16H25N3O. The summed E-state index contributed by atoms with van der Waals surface area (Å²) < 4.78 is 0. The number of pyridine rings is 1. The molecule has 1 saturated carbocycles. The van der Waals surface area contributed by atoms with Crippen molar-refractivity contribution in [3.05, 3.63) is 29.6 Å². The molecule has 2 rings (SSSR count). The number of rotatable bonds is 7. The third-order valence-electron chi connectivity index (χ3n) is 3.99. The Morgan fingerprint density at radius 2 is 2.30 bits per heavy atom. The van der Waals surface area contributed by atoms with Crippen LogP contribution in [0.4, 0.5) is 0 Å². The Kier molecular flexibility index (Phi) is 5.12. The van der Waals surface area contributed by atoms with E-state index in [1.165, 1.54) is 5.56 Å². The lowest BCUT2D eigenvalue weighted by Gasteiger charge is -2.24. The Balaban J connectivity index is 1.75. The second kappa shape index (κ2) is 6.84. The normalized spacial score (nSPS) is 16.2. The molecule has 1 heterocycles. The maximum atomic E-state index is 11.7. The molecule has 0 unspecified atom stereocenters. The van der Waals surface area contributed by atoms with Crippen LogP contribution in [0.2, 0.25) is 0 Å². The van der Waals surface area contributed by atoms with E-state index in [1.807, 2.05) is 12.3 Å². The van der Waals surface area contributed by atoms with Gasteiger partial charge in [-0.05, 0) is 45.4 Å². The van der Waals surface area contributed by atoms with Crippen LogP contribution in [0.15, 0.2) is 18.3 Å². The number of likely N-dealkylation sites (N-methyl/N-ethyl adjacent to an activating group) is 1. The quantitative estimate of drug-likeness (QED) is 0.827. The Hall–Kier alpha value is -1.42. The summed E-state index contributed by atoms with van der Waals surface area (Å²) in [5.41, 5.74) is 2.38. The van der Waals surface area contributed by atoms with Gasteiger partial charge in [0.2, 0.25) is 5.91 Å². The van der Waals surface area contributed by atoms with Crippen molar-refractivity contribution >= 4 is 5.91 Å². The summed E-state index contributed by atoms with van der Waals surface area (Å²) in [4.78, 5) is 18.4. The minimum Gasteiger partial charge on any atom is -0.353 e. The van der Waals surface area contributed by atoms with E-state index in [0.29, 0.717) is 18.5 Å². The van der Waals surface area contributed by atoms with E-state index in [0.717, 1.165) is 31.5 Å². The number of hydrogen-bond acceptors (Lipinski definition) is 3. The zero-order chi connectivity index (χ0) is 14.5. The van der Waals surface area contributed by atoms with Crippen molar-refractivity contribution in [2.24, 2.45) is 0 Å². The van der Waals surface area contributed by atoms with Crippen molar-refractivity contribution in [1.29, 1.82) is 0 Å². The molecule has 1 aliphatic carbocycles. The second-order valence-corrected chi connectivity index (χ2v) is 5.89. The molecule has 1 aromatic rings. The SMILES string of the molecule is Cc1cccnc1C[C@@H](C)N(C)CCC(=O)NC1CC1. The maximum absolute atomic E-state index is 11.7. The number of carbonyl (C=O) groups is 1. The topological polar surface area (TPSA) is 45.2 Å². The Morgan fingerprint density at radius 3 is 2.95 bits per heavy atom. The summed E-state index contributed by atoms with van der Waals surface area (Å²) in [6.45, 7) is 5.08. The van der Waals surface area contributed by atoms with Crippen LogP contribution < -0.4 is 5.32 Å². The van der Waals surface area contributed by atoms with Gasteiger partial charge in [0.1, 0.15) is 0 Å². The van der Waals surface area contributed by atoms with Gasteiger partial charge >= 0.3 is 0 Å².